The van der Waals surface area contributed by atoms with E-state index in [0.717, 1.165) is 11.8 Å². The number of carboxylic acid groups (broad SMARTS) is 1. The van der Waals surface area contributed by atoms with Crippen LogP contribution < -0.4 is 10.1 Å². The molecule has 0 aliphatic carbocycles. The molecule has 4 aromatic rings. The molecule has 1 aromatic carbocycles. The van der Waals surface area contributed by atoms with Gasteiger partial charge in [-0.15, -0.1) is 0 Å². The molecule has 2 unspecified atom stereocenters. The van der Waals surface area contributed by atoms with Crippen LogP contribution in [0.1, 0.15) is 46.8 Å². The highest BCUT2D eigenvalue weighted by Crippen LogP contribution is 2.32. The Morgan fingerprint density at radius 1 is 1.18 bits per heavy atom. The number of carboxylic acids is 1. The van der Waals surface area contributed by atoms with Crippen LogP contribution in [0.2, 0.25) is 0 Å². The van der Waals surface area contributed by atoms with Crippen molar-refractivity contribution in [3.63, 3.8) is 0 Å². The van der Waals surface area contributed by atoms with Gasteiger partial charge in [0.05, 0.1) is 37.8 Å². The number of ether oxygens (including phenoxy) is 1. The summed E-state index contributed by atoms with van der Waals surface area (Å²) < 4.78 is 19.2. The summed E-state index contributed by atoms with van der Waals surface area (Å²) in [7, 11) is 1.51. The standard InChI is InChI=1S/C25H23FN4O4/c1-14(6-22(31)32)19-4-3-5-20-21(13-29-24(19)20)25(33)23(15-7-16(26)10-27-9-15)30-17-8-18(34-2)12-28-11-17/h3-5,7-14,23,29-30H,6H2,1-2H3,(H,31,32). The minimum absolute atomic E-state index is 0.0383. The summed E-state index contributed by atoms with van der Waals surface area (Å²) in [6, 6.07) is 7.40. The number of benzene rings is 1. The number of carbonyl (C=O) groups is 2. The number of halogens is 1. The lowest BCUT2D eigenvalue weighted by atomic mass is 9.93. The summed E-state index contributed by atoms with van der Waals surface area (Å²) in [4.78, 5) is 36.1. The lowest BCUT2D eigenvalue weighted by molar-refractivity contribution is -0.137. The quantitative estimate of drug-likeness (QED) is 0.308. The van der Waals surface area contributed by atoms with Crippen LogP contribution in [0, 0.1) is 5.82 Å². The maximum atomic E-state index is 14.0. The molecule has 8 nitrogen and oxygen atoms in total. The molecular weight excluding hydrogens is 439 g/mol. The molecule has 34 heavy (non-hydrogen) atoms. The zero-order valence-electron chi connectivity index (χ0n) is 18.6. The van der Waals surface area contributed by atoms with Gasteiger partial charge in [-0.1, -0.05) is 25.1 Å². The topological polar surface area (TPSA) is 117 Å². The Kier molecular flexibility index (Phi) is 6.53. The van der Waals surface area contributed by atoms with E-state index in [9.17, 15) is 19.1 Å². The number of aromatic nitrogens is 3. The zero-order chi connectivity index (χ0) is 24.2. The maximum absolute atomic E-state index is 14.0. The molecule has 0 spiro atoms. The maximum Gasteiger partial charge on any atom is 0.303 e. The molecule has 0 saturated carbocycles. The van der Waals surface area contributed by atoms with E-state index in [1.165, 1.54) is 31.8 Å². The fourth-order valence-electron chi connectivity index (χ4n) is 3.98. The number of H-pyrrole nitrogens is 1. The van der Waals surface area contributed by atoms with Crippen molar-refractivity contribution in [3.05, 3.63) is 83.8 Å². The number of ketones is 1. The van der Waals surface area contributed by atoms with Gasteiger partial charge in [0.15, 0.2) is 5.78 Å². The van der Waals surface area contributed by atoms with Gasteiger partial charge in [0, 0.05) is 40.5 Å². The van der Waals surface area contributed by atoms with Gasteiger partial charge in [0.25, 0.3) is 0 Å². The monoisotopic (exact) mass is 462 g/mol. The first kappa shape index (κ1) is 22.9. The summed E-state index contributed by atoms with van der Waals surface area (Å²) in [6.45, 7) is 1.82. The average Bonchev–Trinajstić information content (AvgIpc) is 3.26. The van der Waals surface area contributed by atoms with Crippen molar-refractivity contribution in [2.75, 3.05) is 12.4 Å². The Hall–Kier alpha value is -4.27. The third-order valence-corrected chi connectivity index (χ3v) is 5.61. The second-order valence-corrected chi connectivity index (χ2v) is 7.96. The Morgan fingerprint density at radius 3 is 2.71 bits per heavy atom. The Labute approximate surface area is 194 Å². The number of rotatable bonds is 9. The third kappa shape index (κ3) is 4.73. The van der Waals surface area contributed by atoms with Crippen LogP contribution in [-0.4, -0.2) is 38.9 Å². The number of para-hydroxylation sites is 1. The fraction of sp³-hybridized carbons (Fsp3) is 0.200. The molecule has 3 aromatic heterocycles. The molecule has 0 aliphatic heterocycles. The van der Waals surface area contributed by atoms with Crippen LogP contribution in [0.5, 0.6) is 5.75 Å². The molecule has 174 valence electrons. The number of Topliss-reactive ketones (excluding diaryl/α,β-unsaturated/α-hetero) is 1. The summed E-state index contributed by atoms with van der Waals surface area (Å²) in [6.07, 6.45) is 7.13. The Balaban J connectivity index is 1.76. The normalized spacial score (nSPS) is 12.8. The number of aromatic amines is 1. The molecule has 0 fully saturated rings. The smallest absolute Gasteiger partial charge is 0.303 e. The van der Waals surface area contributed by atoms with Crippen molar-refractivity contribution >= 4 is 28.3 Å². The van der Waals surface area contributed by atoms with Gasteiger partial charge in [0.2, 0.25) is 0 Å². The molecule has 3 heterocycles. The van der Waals surface area contributed by atoms with E-state index in [4.69, 9.17) is 4.74 Å². The van der Waals surface area contributed by atoms with E-state index in [2.05, 4.69) is 20.3 Å². The van der Waals surface area contributed by atoms with E-state index in [0.29, 0.717) is 33.5 Å². The molecule has 0 bridgehead atoms. The highest BCUT2D eigenvalue weighted by atomic mass is 19.1. The highest BCUT2D eigenvalue weighted by molar-refractivity contribution is 6.12. The van der Waals surface area contributed by atoms with Crippen molar-refractivity contribution in [2.24, 2.45) is 0 Å². The summed E-state index contributed by atoms with van der Waals surface area (Å²) in [5, 5.41) is 13.0. The second kappa shape index (κ2) is 9.70. The van der Waals surface area contributed by atoms with Crippen LogP contribution >= 0.6 is 0 Å². The fourth-order valence-corrected chi connectivity index (χ4v) is 3.98. The minimum Gasteiger partial charge on any atom is -0.495 e. The summed E-state index contributed by atoms with van der Waals surface area (Å²) in [5.74, 6) is -1.54. The van der Waals surface area contributed by atoms with E-state index in [1.54, 1.807) is 24.4 Å². The van der Waals surface area contributed by atoms with Crippen molar-refractivity contribution in [1.82, 2.24) is 15.0 Å². The van der Waals surface area contributed by atoms with Crippen LogP contribution in [0.3, 0.4) is 0 Å². The predicted molar refractivity (Wildman–Crippen MR) is 125 cm³/mol. The molecule has 4 rings (SSSR count). The Bertz CT molecular complexity index is 1350. The first-order valence-corrected chi connectivity index (χ1v) is 10.6. The van der Waals surface area contributed by atoms with Gasteiger partial charge in [-0.2, -0.15) is 0 Å². The number of anilines is 1. The van der Waals surface area contributed by atoms with Crippen LogP contribution in [0.25, 0.3) is 10.9 Å². The Morgan fingerprint density at radius 2 is 1.97 bits per heavy atom. The average molecular weight is 462 g/mol. The van der Waals surface area contributed by atoms with E-state index in [1.807, 2.05) is 13.0 Å². The lowest BCUT2D eigenvalue weighted by Crippen LogP contribution is -2.21. The molecule has 2 atom stereocenters. The molecule has 9 heteroatoms. The number of carbonyl (C=O) groups excluding carboxylic acids is 1. The van der Waals surface area contributed by atoms with Gasteiger partial charge >= 0.3 is 5.97 Å². The zero-order valence-corrected chi connectivity index (χ0v) is 18.6. The highest BCUT2D eigenvalue weighted by Gasteiger charge is 2.26. The van der Waals surface area contributed by atoms with Crippen molar-refractivity contribution in [3.8, 4) is 5.75 Å². The van der Waals surface area contributed by atoms with Crippen molar-refractivity contribution in [1.29, 1.82) is 0 Å². The molecule has 0 aliphatic rings. The SMILES string of the molecule is COc1cncc(NC(C(=O)c2c[nH]c3c(C(C)CC(=O)O)cccc23)c2cncc(F)c2)c1. The third-order valence-electron chi connectivity index (χ3n) is 5.61. The summed E-state index contributed by atoms with van der Waals surface area (Å²) in [5.41, 5.74) is 2.73. The van der Waals surface area contributed by atoms with Crippen LogP contribution in [0.4, 0.5) is 10.1 Å². The number of methoxy groups -OCH3 is 1. The number of pyridine rings is 2. The molecule has 0 amide bonds. The van der Waals surface area contributed by atoms with E-state index >= 15 is 0 Å². The van der Waals surface area contributed by atoms with Gasteiger partial charge in [0.1, 0.15) is 17.6 Å². The first-order valence-electron chi connectivity index (χ1n) is 10.6. The minimum atomic E-state index is -0.962. The van der Waals surface area contributed by atoms with Gasteiger partial charge in [-0.3, -0.25) is 19.6 Å². The largest absolute Gasteiger partial charge is 0.495 e. The second-order valence-electron chi connectivity index (χ2n) is 7.96. The van der Waals surface area contributed by atoms with Crippen LogP contribution in [-0.2, 0) is 4.79 Å². The van der Waals surface area contributed by atoms with Crippen molar-refractivity contribution in [2.45, 2.75) is 25.3 Å². The summed E-state index contributed by atoms with van der Waals surface area (Å²) >= 11 is 0. The van der Waals surface area contributed by atoms with Gasteiger partial charge in [-0.05, 0) is 17.5 Å². The molecule has 0 saturated heterocycles. The lowest BCUT2D eigenvalue weighted by Gasteiger charge is -2.19. The number of nitrogens with zero attached hydrogens (tertiary/aromatic N) is 2. The van der Waals surface area contributed by atoms with Crippen LogP contribution in [0.15, 0.2) is 61.3 Å². The number of fused-ring (bicyclic) bond motifs is 1. The van der Waals surface area contributed by atoms with Gasteiger partial charge in [-0.25, -0.2) is 4.39 Å². The predicted octanol–water partition coefficient (Wildman–Crippen LogP) is 4.72. The number of aliphatic carboxylic acids is 1. The molecular formula is C25H23FN4O4. The number of hydrogen-bond donors (Lipinski definition) is 3. The van der Waals surface area contributed by atoms with E-state index < -0.39 is 17.8 Å². The first-order chi connectivity index (χ1) is 16.4. The molecule has 3 N–H and O–H groups in total. The number of hydrogen-bond acceptors (Lipinski definition) is 6. The van der Waals surface area contributed by atoms with Crippen molar-refractivity contribution < 1.29 is 23.8 Å². The van der Waals surface area contributed by atoms with E-state index in [-0.39, 0.29) is 18.1 Å². The van der Waals surface area contributed by atoms with Gasteiger partial charge < -0.3 is 20.1 Å². The molecule has 0 radical (unpaired) electrons. The number of nitrogens with one attached hydrogen (secondary N) is 2.